The second kappa shape index (κ2) is 5.75. The maximum Gasteiger partial charge on any atom is 0.245 e. The zero-order valence-corrected chi connectivity index (χ0v) is 12.1. The van der Waals surface area contributed by atoms with Gasteiger partial charge in [-0.2, -0.15) is 16.7 Å². The van der Waals surface area contributed by atoms with Crippen LogP contribution in [0.1, 0.15) is 18.1 Å². The normalized spacial score (nSPS) is 12.9. The van der Waals surface area contributed by atoms with Crippen LogP contribution in [-0.4, -0.2) is 38.6 Å². The Bertz CT molecular complexity index is 543. The Hall–Kier alpha value is -1.01. The minimum Gasteiger partial charge on any atom is -0.479 e. The topological polar surface area (TPSA) is 52.8 Å². The van der Waals surface area contributed by atoms with Crippen molar-refractivity contribution in [2.75, 3.05) is 19.1 Å². The maximum absolute atomic E-state index is 6.18. The van der Waals surface area contributed by atoms with E-state index in [-0.39, 0.29) is 5.38 Å². The van der Waals surface area contributed by atoms with E-state index in [2.05, 4.69) is 21.2 Å². The minimum atomic E-state index is -0.175. The van der Waals surface area contributed by atoms with Gasteiger partial charge in [-0.3, -0.25) is 0 Å². The van der Waals surface area contributed by atoms with Crippen molar-refractivity contribution in [2.24, 2.45) is 0 Å². The molecule has 0 fully saturated rings. The summed E-state index contributed by atoms with van der Waals surface area (Å²) in [5, 5.41) is -0.175. The minimum absolute atomic E-state index is 0.175. The van der Waals surface area contributed by atoms with Gasteiger partial charge in [0, 0.05) is 12.3 Å². The molecule has 0 aromatic carbocycles. The van der Waals surface area contributed by atoms with E-state index in [4.69, 9.17) is 16.3 Å². The summed E-state index contributed by atoms with van der Waals surface area (Å²) in [6, 6.07) is 0. The highest BCUT2D eigenvalue weighted by Crippen LogP contribution is 2.27. The van der Waals surface area contributed by atoms with Gasteiger partial charge in [-0.1, -0.05) is 0 Å². The molecule has 0 bridgehead atoms. The largest absolute Gasteiger partial charge is 0.479 e. The van der Waals surface area contributed by atoms with Crippen LogP contribution in [-0.2, 0) is 6.54 Å². The SMILES string of the molecule is COc1ncnc2c1nc(C(C)Cl)n2CCSC. The molecule has 2 aromatic heterocycles. The molecule has 0 amide bonds. The van der Waals surface area contributed by atoms with Gasteiger partial charge in [0.25, 0.3) is 0 Å². The van der Waals surface area contributed by atoms with E-state index >= 15 is 0 Å². The predicted molar refractivity (Wildman–Crippen MR) is 74.5 cm³/mol. The van der Waals surface area contributed by atoms with Crippen molar-refractivity contribution in [3.63, 3.8) is 0 Å². The fourth-order valence-electron chi connectivity index (χ4n) is 1.79. The fourth-order valence-corrected chi connectivity index (χ4v) is 2.32. The lowest BCUT2D eigenvalue weighted by Crippen LogP contribution is -2.07. The smallest absolute Gasteiger partial charge is 0.245 e. The number of ether oxygens (including phenoxy) is 1. The van der Waals surface area contributed by atoms with Crippen LogP contribution in [0, 0.1) is 0 Å². The van der Waals surface area contributed by atoms with Gasteiger partial charge in [0.2, 0.25) is 5.88 Å². The molecule has 0 N–H and O–H groups in total. The Morgan fingerprint density at radius 1 is 1.50 bits per heavy atom. The molecule has 18 heavy (non-hydrogen) atoms. The Labute approximate surface area is 115 Å². The zero-order valence-electron chi connectivity index (χ0n) is 10.6. The number of methoxy groups -OCH3 is 1. The quantitative estimate of drug-likeness (QED) is 0.791. The van der Waals surface area contributed by atoms with E-state index < -0.39 is 0 Å². The first kappa shape index (κ1) is 13.4. The number of alkyl halides is 1. The molecule has 0 spiro atoms. The van der Waals surface area contributed by atoms with Crippen molar-refractivity contribution in [1.29, 1.82) is 0 Å². The number of nitrogens with zero attached hydrogens (tertiary/aromatic N) is 4. The second-order valence-corrected chi connectivity index (χ2v) is 5.43. The highest BCUT2D eigenvalue weighted by molar-refractivity contribution is 7.98. The van der Waals surface area contributed by atoms with Crippen LogP contribution in [0.25, 0.3) is 11.2 Å². The Kier molecular flexibility index (Phi) is 4.29. The molecule has 0 radical (unpaired) electrons. The van der Waals surface area contributed by atoms with Crippen LogP contribution < -0.4 is 4.74 Å². The van der Waals surface area contributed by atoms with E-state index in [1.165, 1.54) is 6.33 Å². The number of aromatic nitrogens is 4. The van der Waals surface area contributed by atoms with Gasteiger partial charge in [0.15, 0.2) is 11.2 Å². The number of thioether (sulfide) groups is 1. The van der Waals surface area contributed by atoms with Gasteiger partial charge in [-0.05, 0) is 13.2 Å². The molecule has 0 saturated carbocycles. The number of imidazole rings is 1. The van der Waals surface area contributed by atoms with E-state index in [0.717, 1.165) is 23.8 Å². The first-order valence-electron chi connectivity index (χ1n) is 5.57. The molecule has 5 nitrogen and oxygen atoms in total. The molecule has 1 atom stereocenters. The van der Waals surface area contributed by atoms with Crippen LogP contribution in [0.2, 0.25) is 0 Å². The van der Waals surface area contributed by atoms with Crippen molar-refractivity contribution < 1.29 is 4.74 Å². The summed E-state index contributed by atoms with van der Waals surface area (Å²) in [5.74, 6) is 2.27. The first-order chi connectivity index (χ1) is 8.69. The predicted octanol–water partition coefficient (Wildman–Crippen LogP) is 2.50. The lowest BCUT2D eigenvalue weighted by Gasteiger charge is -2.08. The molecule has 2 heterocycles. The van der Waals surface area contributed by atoms with Crippen molar-refractivity contribution in [1.82, 2.24) is 19.5 Å². The lowest BCUT2D eigenvalue weighted by molar-refractivity contribution is 0.401. The summed E-state index contributed by atoms with van der Waals surface area (Å²) in [5.41, 5.74) is 1.45. The monoisotopic (exact) mass is 286 g/mol. The molecule has 7 heteroatoms. The van der Waals surface area contributed by atoms with E-state index in [1.54, 1.807) is 18.9 Å². The summed E-state index contributed by atoms with van der Waals surface area (Å²) < 4.78 is 7.24. The highest BCUT2D eigenvalue weighted by Gasteiger charge is 2.18. The Morgan fingerprint density at radius 3 is 2.89 bits per heavy atom. The molecule has 1 unspecified atom stereocenters. The van der Waals surface area contributed by atoms with Gasteiger partial charge in [0.05, 0.1) is 12.5 Å². The fraction of sp³-hybridized carbons (Fsp3) is 0.545. The number of halogens is 1. The van der Waals surface area contributed by atoms with E-state index in [9.17, 15) is 0 Å². The second-order valence-electron chi connectivity index (χ2n) is 3.79. The number of rotatable bonds is 5. The Morgan fingerprint density at radius 2 is 2.28 bits per heavy atom. The van der Waals surface area contributed by atoms with Crippen LogP contribution in [0.5, 0.6) is 5.88 Å². The van der Waals surface area contributed by atoms with Crippen molar-refractivity contribution in [2.45, 2.75) is 18.8 Å². The van der Waals surface area contributed by atoms with Crippen LogP contribution >= 0.6 is 23.4 Å². The third kappa shape index (κ3) is 2.40. The van der Waals surface area contributed by atoms with Crippen molar-refractivity contribution in [3.8, 4) is 5.88 Å². The van der Waals surface area contributed by atoms with Gasteiger partial charge in [0.1, 0.15) is 12.2 Å². The molecule has 2 aromatic rings. The number of hydrogen-bond acceptors (Lipinski definition) is 5. The number of aryl methyl sites for hydroxylation is 1. The number of fused-ring (bicyclic) bond motifs is 1. The molecule has 0 aliphatic rings. The molecular weight excluding hydrogens is 272 g/mol. The lowest BCUT2D eigenvalue weighted by atomic mass is 10.4. The summed E-state index contributed by atoms with van der Waals surface area (Å²) >= 11 is 7.95. The third-order valence-electron chi connectivity index (χ3n) is 2.60. The van der Waals surface area contributed by atoms with E-state index in [1.807, 2.05) is 11.5 Å². The summed E-state index contributed by atoms with van der Waals surface area (Å²) in [7, 11) is 1.58. The average molecular weight is 287 g/mol. The molecule has 98 valence electrons. The molecule has 2 rings (SSSR count). The standard InChI is InChI=1S/C11H15ClN4OS/c1-7(12)9-15-8-10(16(9)4-5-18-3)13-6-14-11(8)17-2/h6-7H,4-5H2,1-3H3. The van der Waals surface area contributed by atoms with Crippen molar-refractivity contribution in [3.05, 3.63) is 12.2 Å². The third-order valence-corrected chi connectivity index (χ3v) is 3.38. The van der Waals surface area contributed by atoms with Gasteiger partial charge in [-0.15, -0.1) is 11.6 Å². The molecular formula is C11H15ClN4OS. The van der Waals surface area contributed by atoms with Crippen LogP contribution in [0.3, 0.4) is 0 Å². The molecule has 0 aliphatic heterocycles. The average Bonchev–Trinajstić information content (AvgIpc) is 2.75. The number of hydrogen-bond donors (Lipinski definition) is 0. The van der Waals surface area contributed by atoms with Crippen LogP contribution in [0.4, 0.5) is 0 Å². The van der Waals surface area contributed by atoms with Gasteiger partial charge < -0.3 is 9.30 Å². The summed E-state index contributed by atoms with van der Waals surface area (Å²) in [4.78, 5) is 12.9. The van der Waals surface area contributed by atoms with Gasteiger partial charge >= 0.3 is 0 Å². The Balaban J connectivity index is 2.59. The molecule has 0 aliphatic carbocycles. The van der Waals surface area contributed by atoms with E-state index in [0.29, 0.717) is 11.4 Å². The highest BCUT2D eigenvalue weighted by atomic mass is 35.5. The van der Waals surface area contributed by atoms with Crippen LogP contribution in [0.15, 0.2) is 6.33 Å². The summed E-state index contributed by atoms with van der Waals surface area (Å²) in [6.45, 7) is 2.72. The summed E-state index contributed by atoms with van der Waals surface area (Å²) in [6.07, 6.45) is 3.56. The first-order valence-corrected chi connectivity index (χ1v) is 7.40. The molecule has 0 saturated heterocycles. The maximum atomic E-state index is 6.18. The van der Waals surface area contributed by atoms with Gasteiger partial charge in [-0.25, -0.2) is 9.97 Å². The zero-order chi connectivity index (χ0) is 13.1. The van der Waals surface area contributed by atoms with Crippen molar-refractivity contribution >= 4 is 34.5 Å².